The highest BCUT2D eigenvalue weighted by Crippen LogP contribution is 2.37. The highest BCUT2D eigenvalue weighted by molar-refractivity contribution is 7.93. The maximum Gasteiger partial charge on any atom is 0.404 e. The second-order valence-electron chi connectivity index (χ2n) is 9.80. The summed E-state index contributed by atoms with van der Waals surface area (Å²) in [7, 11) is -4.48. The van der Waals surface area contributed by atoms with Crippen molar-refractivity contribution in [1.29, 1.82) is 5.26 Å². The number of nitrogens with zero attached hydrogens (tertiary/aromatic N) is 3. The largest absolute Gasteiger partial charge is 0.404 e. The van der Waals surface area contributed by atoms with Crippen molar-refractivity contribution in [1.82, 2.24) is 9.29 Å². The third-order valence-corrected chi connectivity index (χ3v) is 8.56. The van der Waals surface area contributed by atoms with E-state index in [0.717, 1.165) is 61.7 Å². The molecule has 1 aromatic heterocycles. The molecule has 2 aromatic rings. The molecular weight excluding hydrogens is 501 g/mol. The molecule has 1 atom stereocenters. The molecule has 1 aliphatic carbocycles. The summed E-state index contributed by atoms with van der Waals surface area (Å²) in [5, 5.41) is 11.0. The Labute approximate surface area is 215 Å². The van der Waals surface area contributed by atoms with E-state index >= 15 is 0 Å². The van der Waals surface area contributed by atoms with Crippen LogP contribution < -0.4 is 4.72 Å². The molecule has 1 saturated carbocycles. The normalized spacial score (nSPS) is 21.2. The van der Waals surface area contributed by atoms with E-state index in [-0.39, 0.29) is 10.9 Å². The van der Waals surface area contributed by atoms with Crippen LogP contribution >= 0.6 is 0 Å². The highest BCUT2D eigenvalue weighted by Gasteiger charge is 2.39. The summed E-state index contributed by atoms with van der Waals surface area (Å²) in [6, 6.07) is 6.27. The Bertz CT molecular complexity index is 1410. The van der Waals surface area contributed by atoms with Gasteiger partial charge in [-0.1, -0.05) is 37.5 Å². The Morgan fingerprint density at radius 2 is 1.92 bits per heavy atom. The molecule has 10 heteroatoms. The lowest BCUT2D eigenvalue weighted by Gasteiger charge is -2.27. The predicted octanol–water partition coefficient (Wildman–Crippen LogP) is 6.57. The molecule has 0 bridgehead atoms. The van der Waals surface area contributed by atoms with E-state index in [1.807, 2.05) is 19.1 Å². The van der Waals surface area contributed by atoms with E-state index in [2.05, 4.69) is 21.7 Å². The van der Waals surface area contributed by atoms with Gasteiger partial charge in [0.2, 0.25) is 10.0 Å². The molecule has 1 fully saturated rings. The van der Waals surface area contributed by atoms with Crippen LogP contribution in [0, 0.1) is 18.3 Å². The van der Waals surface area contributed by atoms with Gasteiger partial charge in [0, 0.05) is 17.6 Å². The smallest absolute Gasteiger partial charge is 0.335 e. The van der Waals surface area contributed by atoms with Gasteiger partial charge in [-0.15, -0.1) is 0 Å². The lowest BCUT2D eigenvalue weighted by Crippen LogP contribution is -2.43. The van der Waals surface area contributed by atoms with Crippen LogP contribution in [-0.2, 0) is 10.0 Å². The minimum Gasteiger partial charge on any atom is -0.335 e. The van der Waals surface area contributed by atoms with E-state index in [4.69, 9.17) is 0 Å². The topological polar surface area (TPSA) is 87.2 Å². The number of benzene rings is 1. The fourth-order valence-corrected chi connectivity index (χ4v) is 6.28. The van der Waals surface area contributed by atoms with Crippen LogP contribution in [0.2, 0.25) is 0 Å². The zero-order chi connectivity index (χ0) is 26.8. The molecule has 4 rings (SSSR count). The zero-order valence-corrected chi connectivity index (χ0v) is 21.8. The van der Waals surface area contributed by atoms with Crippen molar-refractivity contribution in [3.05, 3.63) is 58.3 Å². The fourth-order valence-electron chi connectivity index (χ4n) is 5.08. The lowest BCUT2D eigenvalue weighted by molar-refractivity contribution is -0.146. The number of aliphatic imine (C=N–C) groups is 1. The quantitative estimate of drug-likeness (QED) is 0.473. The summed E-state index contributed by atoms with van der Waals surface area (Å²) in [5.41, 5.74) is 3.76. The molecule has 198 valence electrons. The Morgan fingerprint density at radius 3 is 2.59 bits per heavy atom. The Morgan fingerprint density at radius 1 is 1.19 bits per heavy atom. The first kappa shape index (κ1) is 27.1. The molecule has 37 heavy (non-hydrogen) atoms. The number of sulfonamides is 1. The van der Waals surface area contributed by atoms with Crippen molar-refractivity contribution in [2.75, 3.05) is 0 Å². The minimum absolute atomic E-state index is 0.185. The Hall–Kier alpha value is -2.90. The van der Waals surface area contributed by atoms with Crippen LogP contribution in [0.5, 0.6) is 0 Å². The summed E-state index contributed by atoms with van der Waals surface area (Å²) in [5.74, 6) is 0. The number of alkyl halides is 3. The average Bonchev–Trinajstić information content (AvgIpc) is 3.22. The van der Waals surface area contributed by atoms with E-state index in [1.165, 1.54) is 6.08 Å². The molecule has 2 aliphatic rings. The third-order valence-electron chi connectivity index (χ3n) is 7.03. The monoisotopic (exact) mass is 532 g/mol. The van der Waals surface area contributed by atoms with Crippen molar-refractivity contribution in [3.63, 3.8) is 0 Å². The summed E-state index contributed by atoms with van der Waals surface area (Å²) in [4.78, 5) is 4.19. The molecular formula is C27H31F3N4O2S. The lowest BCUT2D eigenvalue weighted by atomic mass is 9.94. The molecule has 0 saturated heterocycles. The van der Waals surface area contributed by atoms with Gasteiger partial charge < -0.3 is 4.57 Å². The van der Waals surface area contributed by atoms with Crippen molar-refractivity contribution in [3.8, 4) is 6.07 Å². The molecule has 1 aliphatic heterocycles. The van der Waals surface area contributed by atoms with Crippen molar-refractivity contribution in [2.45, 2.75) is 83.5 Å². The molecule has 0 unspecified atom stereocenters. The van der Waals surface area contributed by atoms with Crippen molar-refractivity contribution >= 4 is 26.6 Å². The van der Waals surface area contributed by atoms with Gasteiger partial charge >= 0.3 is 6.18 Å². The predicted molar refractivity (Wildman–Crippen MR) is 139 cm³/mol. The van der Waals surface area contributed by atoms with Gasteiger partial charge in [-0.25, -0.2) is 8.42 Å². The van der Waals surface area contributed by atoms with Crippen LogP contribution in [0.4, 0.5) is 13.2 Å². The molecule has 2 heterocycles. The number of aryl methyl sites for hydroxylation is 1. The summed E-state index contributed by atoms with van der Waals surface area (Å²) >= 11 is 0. The van der Waals surface area contributed by atoms with Gasteiger partial charge in [-0.05, 0) is 63.7 Å². The molecule has 6 nitrogen and oxygen atoms in total. The molecule has 0 radical (unpaired) electrons. The molecule has 0 amide bonds. The number of hydrogen-bond acceptors (Lipinski definition) is 4. The number of rotatable bonds is 5. The van der Waals surface area contributed by atoms with E-state index in [9.17, 15) is 26.9 Å². The van der Waals surface area contributed by atoms with Crippen molar-refractivity contribution < 1.29 is 21.6 Å². The number of aromatic nitrogens is 1. The molecule has 1 aromatic carbocycles. The van der Waals surface area contributed by atoms with Gasteiger partial charge in [-0.2, -0.15) is 23.2 Å². The van der Waals surface area contributed by atoms with Crippen LogP contribution in [-0.4, -0.2) is 30.9 Å². The van der Waals surface area contributed by atoms with E-state index in [1.54, 1.807) is 10.8 Å². The van der Waals surface area contributed by atoms with Gasteiger partial charge in [0.15, 0.2) is 0 Å². The fraction of sp³-hybridized carbons (Fsp3) is 0.481. The third kappa shape index (κ3) is 5.83. The van der Waals surface area contributed by atoms with Gasteiger partial charge in [0.25, 0.3) is 0 Å². The molecule has 0 spiro atoms. The first-order valence-electron chi connectivity index (χ1n) is 12.6. The number of nitrogens with one attached hydrogen (secondary N) is 1. The standard InChI is InChI=1S/C27H31F3N4O2S/c1-18-13-14-22-23(16-31)26(34(25(22)15-18)20-9-5-3-6-10-20)24-12-8-4-7-11-21(17-32-24)37(35,36)33-19(2)27(28,29)30/h7,11,13-15,17,19-20,33H,3-6,8-10,12H2,1-2H3/b11-7-,21-17+,32-24?/t19-/m0/s1. The van der Waals surface area contributed by atoms with E-state index < -0.39 is 22.2 Å². The zero-order valence-electron chi connectivity index (χ0n) is 21.0. The van der Waals surface area contributed by atoms with Crippen LogP contribution in [0.25, 0.3) is 10.9 Å². The Kier molecular flexibility index (Phi) is 7.95. The maximum absolute atomic E-state index is 13.0. The second kappa shape index (κ2) is 10.8. The van der Waals surface area contributed by atoms with Gasteiger partial charge in [0.1, 0.15) is 12.1 Å². The van der Waals surface area contributed by atoms with Crippen LogP contribution in [0.3, 0.4) is 0 Å². The number of fused-ring (bicyclic) bond motifs is 1. The van der Waals surface area contributed by atoms with E-state index in [0.29, 0.717) is 36.2 Å². The number of hydrogen-bond donors (Lipinski definition) is 1. The summed E-state index contributed by atoms with van der Waals surface area (Å²) < 4.78 is 68.7. The van der Waals surface area contributed by atoms with Crippen LogP contribution in [0.15, 0.2) is 46.4 Å². The number of nitriles is 1. The average molecular weight is 533 g/mol. The van der Waals surface area contributed by atoms with Crippen LogP contribution in [0.1, 0.15) is 81.2 Å². The maximum atomic E-state index is 13.0. The highest BCUT2D eigenvalue weighted by atomic mass is 32.2. The first-order chi connectivity index (χ1) is 17.5. The SMILES string of the molecule is Cc1ccc2c(C#N)c(C3=N/C=C(S(=O)(=O)N[C@@H](C)C(F)(F)F)\C=C/CCC3)n(C3CCCCC3)c2c1. The first-order valence-corrected chi connectivity index (χ1v) is 14.1. The summed E-state index contributed by atoms with van der Waals surface area (Å²) in [6.07, 6.45) is 6.26. The van der Waals surface area contributed by atoms with Gasteiger partial charge in [0.05, 0.1) is 27.4 Å². The summed E-state index contributed by atoms with van der Waals surface area (Å²) in [6.45, 7) is 2.76. The number of allylic oxidation sites excluding steroid dienone is 2. The number of halogens is 3. The Balaban J connectivity index is 1.88. The van der Waals surface area contributed by atoms with Gasteiger partial charge in [-0.3, -0.25) is 4.99 Å². The second-order valence-corrected chi connectivity index (χ2v) is 11.5. The molecule has 1 N–H and O–H groups in total. The minimum atomic E-state index is -4.72. The van der Waals surface area contributed by atoms with Crippen molar-refractivity contribution in [2.24, 2.45) is 4.99 Å².